The summed E-state index contributed by atoms with van der Waals surface area (Å²) in [4.78, 5) is 0. The molecule has 108 valence electrons. The first-order valence-corrected chi connectivity index (χ1v) is 6.73. The Hall–Kier alpha value is -2.24. The van der Waals surface area contributed by atoms with Crippen molar-refractivity contribution in [2.45, 2.75) is 6.04 Å². The number of phenolic OH excluding ortho intramolecular Hbond substituents is 1. The number of aromatic hydroxyl groups is 1. The molecule has 2 aromatic carbocycles. The molecular formula is C15H13ClN2O3. The molecule has 0 aliphatic carbocycles. The number of halogens is 1. The quantitative estimate of drug-likeness (QED) is 0.773. The summed E-state index contributed by atoms with van der Waals surface area (Å²) in [5.74, 6) is 0.518. The molecule has 1 unspecified atom stereocenters. The van der Waals surface area contributed by atoms with Crippen molar-refractivity contribution in [1.82, 2.24) is 5.16 Å². The fourth-order valence-corrected chi connectivity index (χ4v) is 2.19. The molecule has 1 atom stereocenters. The first-order valence-electron chi connectivity index (χ1n) is 6.36. The molecule has 3 N–H and O–H groups in total. The molecule has 0 spiro atoms. The highest BCUT2D eigenvalue weighted by molar-refractivity contribution is 6.31. The number of ether oxygens (including phenoxy) is 1. The summed E-state index contributed by atoms with van der Waals surface area (Å²) >= 11 is 5.95. The lowest BCUT2D eigenvalue weighted by Crippen LogP contribution is -2.19. The molecule has 1 heterocycles. The average molecular weight is 305 g/mol. The number of nitrogens with zero attached hydrogens (tertiary/aromatic N) is 1. The van der Waals surface area contributed by atoms with E-state index in [1.54, 1.807) is 36.4 Å². The highest BCUT2D eigenvalue weighted by Gasteiger charge is 2.13. The number of aromatic nitrogens is 1. The van der Waals surface area contributed by atoms with E-state index < -0.39 is 0 Å². The molecule has 0 fully saturated rings. The molecule has 21 heavy (non-hydrogen) atoms. The molecule has 3 rings (SSSR count). The summed E-state index contributed by atoms with van der Waals surface area (Å²) in [6.07, 6.45) is 0. The van der Waals surface area contributed by atoms with Gasteiger partial charge in [-0.3, -0.25) is 0 Å². The number of fused-ring (bicyclic) bond motifs is 1. The number of rotatable bonds is 4. The van der Waals surface area contributed by atoms with Crippen LogP contribution in [-0.2, 0) is 0 Å². The van der Waals surface area contributed by atoms with Gasteiger partial charge in [0.2, 0.25) is 0 Å². The Morgan fingerprint density at radius 3 is 2.95 bits per heavy atom. The van der Waals surface area contributed by atoms with Crippen molar-refractivity contribution in [2.24, 2.45) is 5.73 Å². The van der Waals surface area contributed by atoms with Crippen molar-refractivity contribution < 1.29 is 14.4 Å². The van der Waals surface area contributed by atoms with Gasteiger partial charge in [-0.25, -0.2) is 0 Å². The standard InChI is InChI=1S/C15H13ClN2O3/c16-10-4-5-14-12(7-10)15(18-21-14)20-8-13(17)9-2-1-3-11(19)6-9/h1-7,13,19H,8,17H2. The minimum absolute atomic E-state index is 0.168. The Balaban J connectivity index is 1.75. The van der Waals surface area contributed by atoms with Gasteiger partial charge in [0.05, 0.1) is 11.4 Å². The third-order valence-electron chi connectivity index (χ3n) is 3.10. The van der Waals surface area contributed by atoms with Crippen molar-refractivity contribution in [3.05, 3.63) is 53.1 Å². The zero-order valence-electron chi connectivity index (χ0n) is 11.0. The summed E-state index contributed by atoms with van der Waals surface area (Å²) in [7, 11) is 0. The Labute approximate surface area is 125 Å². The van der Waals surface area contributed by atoms with Crippen LogP contribution in [0.5, 0.6) is 11.6 Å². The van der Waals surface area contributed by atoms with Crippen molar-refractivity contribution >= 4 is 22.6 Å². The fourth-order valence-electron chi connectivity index (χ4n) is 2.01. The SMILES string of the molecule is NC(COc1noc2ccc(Cl)cc12)c1cccc(O)c1. The Morgan fingerprint density at radius 2 is 2.14 bits per heavy atom. The van der Waals surface area contributed by atoms with Gasteiger partial charge in [-0.1, -0.05) is 23.7 Å². The van der Waals surface area contributed by atoms with Crippen LogP contribution in [0.4, 0.5) is 0 Å². The highest BCUT2D eigenvalue weighted by Crippen LogP contribution is 2.28. The van der Waals surface area contributed by atoms with Crippen LogP contribution in [0.3, 0.4) is 0 Å². The van der Waals surface area contributed by atoms with E-state index in [1.165, 1.54) is 0 Å². The van der Waals surface area contributed by atoms with Gasteiger partial charge >= 0.3 is 0 Å². The van der Waals surface area contributed by atoms with Gasteiger partial charge in [0.25, 0.3) is 5.88 Å². The van der Waals surface area contributed by atoms with Crippen LogP contribution in [0.25, 0.3) is 11.0 Å². The largest absolute Gasteiger partial charge is 0.508 e. The highest BCUT2D eigenvalue weighted by atomic mass is 35.5. The van der Waals surface area contributed by atoms with E-state index in [0.717, 1.165) is 5.56 Å². The predicted molar refractivity (Wildman–Crippen MR) is 79.5 cm³/mol. The van der Waals surface area contributed by atoms with E-state index in [-0.39, 0.29) is 18.4 Å². The molecule has 0 radical (unpaired) electrons. The number of hydrogen-bond acceptors (Lipinski definition) is 5. The Kier molecular flexibility index (Phi) is 3.68. The lowest BCUT2D eigenvalue weighted by Gasteiger charge is -2.12. The number of benzene rings is 2. The summed E-state index contributed by atoms with van der Waals surface area (Å²) in [6, 6.07) is 11.5. The maximum Gasteiger partial charge on any atom is 0.262 e. The van der Waals surface area contributed by atoms with Gasteiger partial charge in [0.15, 0.2) is 5.58 Å². The van der Waals surface area contributed by atoms with Crippen LogP contribution in [0, 0.1) is 0 Å². The molecule has 5 nitrogen and oxygen atoms in total. The number of nitrogens with two attached hydrogens (primary N) is 1. The summed E-state index contributed by atoms with van der Waals surface area (Å²) < 4.78 is 10.7. The predicted octanol–water partition coefficient (Wildman–Crippen LogP) is 3.27. The van der Waals surface area contributed by atoms with Gasteiger partial charge in [-0.05, 0) is 41.1 Å². The molecule has 0 saturated carbocycles. The van der Waals surface area contributed by atoms with Crippen LogP contribution in [0.2, 0.25) is 5.02 Å². The second kappa shape index (κ2) is 5.63. The molecular weight excluding hydrogens is 292 g/mol. The zero-order valence-corrected chi connectivity index (χ0v) is 11.7. The first-order chi connectivity index (χ1) is 10.1. The summed E-state index contributed by atoms with van der Waals surface area (Å²) in [6.45, 7) is 0.206. The molecule has 1 aromatic heterocycles. The molecule has 3 aromatic rings. The third kappa shape index (κ3) is 2.94. The number of phenols is 1. The van der Waals surface area contributed by atoms with Crippen molar-refractivity contribution in [1.29, 1.82) is 0 Å². The summed E-state index contributed by atoms with van der Waals surface area (Å²) in [5, 5.41) is 14.6. The topological polar surface area (TPSA) is 81.5 Å². The van der Waals surface area contributed by atoms with E-state index >= 15 is 0 Å². The Bertz CT molecular complexity index is 772. The lowest BCUT2D eigenvalue weighted by atomic mass is 10.1. The fraction of sp³-hybridized carbons (Fsp3) is 0.133. The third-order valence-corrected chi connectivity index (χ3v) is 3.33. The van der Waals surface area contributed by atoms with Crippen LogP contribution in [0.15, 0.2) is 47.0 Å². The molecule has 0 amide bonds. The maximum atomic E-state index is 9.45. The normalized spacial score (nSPS) is 12.5. The van der Waals surface area contributed by atoms with Gasteiger partial charge in [-0.2, -0.15) is 0 Å². The number of hydrogen-bond donors (Lipinski definition) is 2. The molecule has 0 aliphatic rings. The van der Waals surface area contributed by atoms with Gasteiger partial charge < -0.3 is 20.1 Å². The van der Waals surface area contributed by atoms with Crippen molar-refractivity contribution in [2.75, 3.05) is 6.61 Å². The monoisotopic (exact) mass is 304 g/mol. The first kappa shape index (κ1) is 13.7. The maximum absolute atomic E-state index is 9.45. The minimum atomic E-state index is -0.386. The second-order valence-corrected chi connectivity index (χ2v) is 5.08. The van der Waals surface area contributed by atoms with Gasteiger partial charge in [0.1, 0.15) is 12.4 Å². The second-order valence-electron chi connectivity index (χ2n) is 4.64. The lowest BCUT2D eigenvalue weighted by molar-refractivity contribution is 0.264. The van der Waals surface area contributed by atoms with Crippen LogP contribution in [0.1, 0.15) is 11.6 Å². The molecule has 0 saturated heterocycles. The van der Waals surface area contributed by atoms with E-state index in [1.807, 2.05) is 6.07 Å². The van der Waals surface area contributed by atoms with E-state index in [9.17, 15) is 5.11 Å². The average Bonchev–Trinajstić information content (AvgIpc) is 2.87. The van der Waals surface area contributed by atoms with Crippen LogP contribution >= 0.6 is 11.6 Å². The van der Waals surface area contributed by atoms with Crippen molar-refractivity contribution in [3.63, 3.8) is 0 Å². The molecule has 6 heteroatoms. The summed E-state index contributed by atoms with van der Waals surface area (Å²) in [5.41, 5.74) is 7.41. The van der Waals surface area contributed by atoms with Crippen LogP contribution < -0.4 is 10.5 Å². The Morgan fingerprint density at radius 1 is 1.29 bits per heavy atom. The zero-order chi connectivity index (χ0) is 14.8. The van der Waals surface area contributed by atoms with E-state index in [4.69, 9.17) is 26.6 Å². The van der Waals surface area contributed by atoms with Gasteiger partial charge in [-0.15, -0.1) is 0 Å². The molecule has 0 aliphatic heterocycles. The minimum Gasteiger partial charge on any atom is -0.508 e. The van der Waals surface area contributed by atoms with E-state index in [0.29, 0.717) is 21.9 Å². The van der Waals surface area contributed by atoms with Crippen LogP contribution in [-0.4, -0.2) is 16.9 Å². The molecule has 0 bridgehead atoms. The smallest absolute Gasteiger partial charge is 0.262 e. The van der Waals surface area contributed by atoms with Crippen molar-refractivity contribution in [3.8, 4) is 11.6 Å². The van der Waals surface area contributed by atoms with E-state index in [2.05, 4.69) is 5.16 Å². The van der Waals surface area contributed by atoms with Gasteiger partial charge in [0, 0.05) is 5.02 Å².